The van der Waals surface area contributed by atoms with Gasteiger partial charge in [0.15, 0.2) is 0 Å². The maximum atomic E-state index is 11.4. The molecule has 1 saturated heterocycles. The first-order valence-electron chi connectivity index (χ1n) is 5.99. The van der Waals surface area contributed by atoms with Gasteiger partial charge >= 0.3 is 0 Å². The number of nitrogens with zero attached hydrogens (tertiary/aromatic N) is 2. The molecule has 0 spiro atoms. The number of likely N-dealkylation sites (N-methyl/N-ethyl adjacent to an activating group) is 3. The quantitative estimate of drug-likeness (QED) is 0.631. The highest BCUT2D eigenvalue weighted by Crippen LogP contribution is 2.04. The molecule has 1 aliphatic heterocycles. The summed E-state index contributed by atoms with van der Waals surface area (Å²) < 4.78 is 0. The highest BCUT2D eigenvalue weighted by Gasteiger charge is 2.22. The third-order valence-electron chi connectivity index (χ3n) is 3.05. The smallest absolute Gasteiger partial charge is 0.234 e. The van der Waals surface area contributed by atoms with Crippen LogP contribution >= 0.6 is 0 Å². The Kier molecular flexibility index (Phi) is 5.73. The molecule has 0 aliphatic carbocycles. The maximum absolute atomic E-state index is 11.4. The first kappa shape index (κ1) is 13.4. The van der Waals surface area contributed by atoms with Crippen LogP contribution in [0.1, 0.15) is 6.92 Å². The summed E-state index contributed by atoms with van der Waals surface area (Å²) >= 11 is 0. The zero-order chi connectivity index (χ0) is 12.0. The summed E-state index contributed by atoms with van der Waals surface area (Å²) in [7, 11) is 4.24. The van der Waals surface area contributed by atoms with Crippen LogP contribution in [-0.2, 0) is 4.79 Å². The van der Waals surface area contributed by atoms with Crippen LogP contribution in [0.25, 0.3) is 0 Å². The van der Waals surface area contributed by atoms with E-state index < -0.39 is 0 Å². The summed E-state index contributed by atoms with van der Waals surface area (Å²) in [5.41, 5.74) is 0. The number of nitrogens with one attached hydrogen (secondary N) is 2. The molecule has 1 rings (SSSR count). The van der Waals surface area contributed by atoms with Gasteiger partial charge in [0.25, 0.3) is 0 Å². The van der Waals surface area contributed by atoms with E-state index in [4.69, 9.17) is 0 Å². The van der Waals surface area contributed by atoms with Crippen molar-refractivity contribution in [1.29, 1.82) is 0 Å². The summed E-state index contributed by atoms with van der Waals surface area (Å²) in [6.45, 7) is 7.20. The first-order valence-corrected chi connectivity index (χ1v) is 5.99. The molecule has 5 nitrogen and oxygen atoms in total. The molecule has 0 bridgehead atoms. The molecule has 1 aliphatic rings. The first-order chi connectivity index (χ1) is 7.63. The van der Waals surface area contributed by atoms with Gasteiger partial charge in [0.2, 0.25) is 5.91 Å². The van der Waals surface area contributed by atoms with Gasteiger partial charge in [-0.25, -0.2) is 0 Å². The molecular formula is C11H24N4O. The normalized spacial score (nSPS) is 23.3. The van der Waals surface area contributed by atoms with Gasteiger partial charge in [-0.2, -0.15) is 0 Å². The Hall–Kier alpha value is -0.650. The topological polar surface area (TPSA) is 47.6 Å². The van der Waals surface area contributed by atoms with Gasteiger partial charge in [0.05, 0.1) is 6.54 Å². The van der Waals surface area contributed by atoms with Gasteiger partial charge in [-0.1, -0.05) is 6.92 Å². The maximum Gasteiger partial charge on any atom is 0.234 e. The second-order valence-electron chi connectivity index (χ2n) is 4.48. The number of amides is 1. The fourth-order valence-electron chi connectivity index (χ4n) is 1.85. The molecule has 1 atom stereocenters. The van der Waals surface area contributed by atoms with Crippen LogP contribution in [0.4, 0.5) is 0 Å². The monoisotopic (exact) mass is 228 g/mol. The molecule has 0 aromatic rings. The second-order valence-corrected chi connectivity index (χ2v) is 4.48. The van der Waals surface area contributed by atoms with Gasteiger partial charge < -0.3 is 15.5 Å². The second kappa shape index (κ2) is 6.83. The lowest BCUT2D eigenvalue weighted by atomic mass is 10.2. The van der Waals surface area contributed by atoms with Crippen LogP contribution in [0, 0.1) is 0 Å². The van der Waals surface area contributed by atoms with Crippen LogP contribution in [0.15, 0.2) is 0 Å². The van der Waals surface area contributed by atoms with E-state index in [9.17, 15) is 4.79 Å². The average Bonchev–Trinajstić information content (AvgIpc) is 2.27. The number of carbonyl (C=O) groups excluding carboxylic acids is 1. The van der Waals surface area contributed by atoms with Crippen LogP contribution in [0.5, 0.6) is 0 Å². The van der Waals surface area contributed by atoms with Crippen LogP contribution < -0.4 is 10.6 Å². The SMILES string of the molecule is CCNCC(=O)NCC1CN(C)CCN1C. The number of hydrogen-bond donors (Lipinski definition) is 2. The molecule has 0 radical (unpaired) electrons. The Bertz CT molecular complexity index is 222. The summed E-state index contributed by atoms with van der Waals surface area (Å²) in [6, 6.07) is 0.435. The molecule has 5 heteroatoms. The molecular weight excluding hydrogens is 204 g/mol. The predicted octanol–water partition coefficient (Wildman–Crippen LogP) is -1.04. The molecule has 16 heavy (non-hydrogen) atoms. The van der Waals surface area contributed by atoms with E-state index in [-0.39, 0.29) is 5.91 Å². The van der Waals surface area contributed by atoms with Crippen molar-refractivity contribution in [3.63, 3.8) is 0 Å². The van der Waals surface area contributed by atoms with Crippen molar-refractivity contribution in [3.8, 4) is 0 Å². The van der Waals surface area contributed by atoms with E-state index in [1.165, 1.54) is 0 Å². The van der Waals surface area contributed by atoms with Crippen molar-refractivity contribution in [3.05, 3.63) is 0 Å². The van der Waals surface area contributed by atoms with Crippen molar-refractivity contribution in [2.45, 2.75) is 13.0 Å². The average molecular weight is 228 g/mol. The highest BCUT2D eigenvalue weighted by molar-refractivity contribution is 5.77. The van der Waals surface area contributed by atoms with Crippen molar-refractivity contribution in [2.75, 3.05) is 53.4 Å². The van der Waals surface area contributed by atoms with Gasteiger partial charge in [-0.3, -0.25) is 9.69 Å². The van der Waals surface area contributed by atoms with E-state index >= 15 is 0 Å². The molecule has 1 unspecified atom stereocenters. The van der Waals surface area contributed by atoms with Crippen LogP contribution in [0.2, 0.25) is 0 Å². The van der Waals surface area contributed by atoms with E-state index in [1.54, 1.807) is 0 Å². The van der Waals surface area contributed by atoms with E-state index in [1.807, 2.05) is 6.92 Å². The van der Waals surface area contributed by atoms with Crippen molar-refractivity contribution in [2.24, 2.45) is 0 Å². The summed E-state index contributed by atoms with van der Waals surface area (Å²) in [4.78, 5) is 16.0. The highest BCUT2D eigenvalue weighted by atomic mass is 16.1. The van der Waals surface area contributed by atoms with Gasteiger partial charge in [0.1, 0.15) is 0 Å². The molecule has 0 aromatic carbocycles. The predicted molar refractivity (Wildman–Crippen MR) is 65.5 cm³/mol. The molecule has 1 heterocycles. The number of piperazine rings is 1. The number of hydrogen-bond acceptors (Lipinski definition) is 4. The molecule has 1 amide bonds. The Balaban J connectivity index is 2.22. The van der Waals surface area contributed by atoms with Crippen molar-refractivity contribution in [1.82, 2.24) is 20.4 Å². The summed E-state index contributed by atoms with van der Waals surface area (Å²) in [6.07, 6.45) is 0. The van der Waals surface area contributed by atoms with Crippen molar-refractivity contribution < 1.29 is 4.79 Å². The Morgan fingerprint density at radius 1 is 1.38 bits per heavy atom. The molecule has 0 saturated carbocycles. The third kappa shape index (κ3) is 4.47. The Labute approximate surface area is 98.2 Å². The molecule has 0 aromatic heterocycles. The third-order valence-corrected chi connectivity index (χ3v) is 3.05. The fourth-order valence-corrected chi connectivity index (χ4v) is 1.85. The largest absolute Gasteiger partial charge is 0.353 e. The van der Waals surface area contributed by atoms with E-state index in [0.29, 0.717) is 12.6 Å². The molecule has 94 valence electrons. The van der Waals surface area contributed by atoms with Crippen molar-refractivity contribution >= 4 is 5.91 Å². The summed E-state index contributed by atoms with van der Waals surface area (Å²) in [5, 5.41) is 5.99. The minimum absolute atomic E-state index is 0.0866. The Morgan fingerprint density at radius 3 is 2.81 bits per heavy atom. The van der Waals surface area contributed by atoms with Gasteiger partial charge in [-0.05, 0) is 20.6 Å². The van der Waals surface area contributed by atoms with Crippen LogP contribution in [0.3, 0.4) is 0 Å². The zero-order valence-corrected chi connectivity index (χ0v) is 10.6. The minimum Gasteiger partial charge on any atom is -0.353 e. The lowest BCUT2D eigenvalue weighted by Gasteiger charge is -2.37. The molecule has 2 N–H and O–H groups in total. The van der Waals surface area contributed by atoms with Gasteiger partial charge in [-0.15, -0.1) is 0 Å². The van der Waals surface area contributed by atoms with E-state index in [2.05, 4.69) is 34.5 Å². The number of carbonyl (C=O) groups is 1. The zero-order valence-electron chi connectivity index (χ0n) is 10.6. The van der Waals surface area contributed by atoms with Crippen LogP contribution in [-0.4, -0.2) is 75.1 Å². The minimum atomic E-state index is 0.0866. The lowest BCUT2D eigenvalue weighted by Crippen LogP contribution is -2.54. The standard InChI is InChI=1S/C11H24N4O/c1-4-12-8-11(16)13-7-10-9-14(2)5-6-15(10)3/h10,12H,4-9H2,1-3H3,(H,13,16). The fraction of sp³-hybridized carbons (Fsp3) is 0.909. The number of rotatable bonds is 5. The molecule has 1 fully saturated rings. The Morgan fingerprint density at radius 2 is 2.12 bits per heavy atom. The van der Waals surface area contributed by atoms with E-state index in [0.717, 1.165) is 32.7 Å². The lowest BCUT2D eigenvalue weighted by molar-refractivity contribution is -0.120. The summed E-state index contributed by atoms with van der Waals surface area (Å²) in [5.74, 6) is 0.0866. The van der Waals surface area contributed by atoms with Gasteiger partial charge in [0, 0.05) is 32.2 Å².